The molecule has 2 heterocycles. The van der Waals surface area contributed by atoms with Crippen LogP contribution in [0, 0.1) is 0 Å². The Morgan fingerprint density at radius 3 is 2.64 bits per heavy atom. The molecule has 0 aliphatic carbocycles. The van der Waals surface area contributed by atoms with Gasteiger partial charge in [0, 0.05) is 31.7 Å². The van der Waals surface area contributed by atoms with Crippen LogP contribution >= 0.6 is 0 Å². The minimum atomic E-state index is -1.03. The molecule has 0 spiro atoms. The van der Waals surface area contributed by atoms with Crippen LogP contribution in [-0.4, -0.2) is 63.6 Å². The largest absolute Gasteiger partial charge is 0.352 e. The van der Waals surface area contributed by atoms with Crippen LogP contribution in [0.15, 0.2) is 34.9 Å². The molecular weight excluding hydrogens is 360 g/mol. The fourth-order valence-electron chi connectivity index (χ4n) is 3.31. The number of carbonyl (C=O) groups excluding carboxylic acids is 2. The highest BCUT2D eigenvalue weighted by atomic mass is 16.5. The van der Waals surface area contributed by atoms with Crippen LogP contribution in [-0.2, 0) is 11.3 Å². The van der Waals surface area contributed by atoms with Gasteiger partial charge in [-0.1, -0.05) is 23.4 Å². The number of hydrogen-bond donors (Lipinski definition) is 2. The third-order valence-corrected chi connectivity index (χ3v) is 4.70. The molecule has 1 aliphatic heterocycles. The second-order valence-corrected chi connectivity index (χ2v) is 7.42. The summed E-state index contributed by atoms with van der Waals surface area (Å²) in [6.07, 6.45) is 0.821. The Bertz CT molecular complexity index is 820. The Morgan fingerprint density at radius 2 is 1.93 bits per heavy atom. The third-order valence-electron chi connectivity index (χ3n) is 4.70. The smallest absolute Gasteiger partial charge is 0.313 e. The number of amides is 3. The summed E-state index contributed by atoms with van der Waals surface area (Å²) < 4.78 is 5.36. The number of nitrogens with two attached hydrogens (primary N) is 1. The monoisotopic (exact) mass is 386 g/mol. The number of benzene rings is 1. The number of primary amides is 1. The first-order chi connectivity index (χ1) is 13.3. The molecule has 28 heavy (non-hydrogen) atoms. The van der Waals surface area contributed by atoms with Gasteiger partial charge in [-0.2, -0.15) is 4.98 Å². The topological polar surface area (TPSA) is 118 Å². The van der Waals surface area contributed by atoms with Crippen LogP contribution in [0.25, 0.3) is 11.5 Å². The molecule has 9 nitrogen and oxygen atoms in total. The maximum Gasteiger partial charge on any atom is 0.313 e. The van der Waals surface area contributed by atoms with Crippen molar-refractivity contribution < 1.29 is 14.1 Å². The second-order valence-electron chi connectivity index (χ2n) is 7.42. The molecule has 3 amide bonds. The average Bonchev–Trinajstić information content (AvgIpc) is 2.99. The van der Waals surface area contributed by atoms with Gasteiger partial charge < -0.3 is 20.5 Å². The van der Waals surface area contributed by atoms with Crippen LogP contribution in [0.5, 0.6) is 0 Å². The van der Waals surface area contributed by atoms with E-state index in [1.165, 1.54) is 0 Å². The molecule has 1 fully saturated rings. The molecule has 3 rings (SSSR count). The second kappa shape index (κ2) is 8.39. The first kappa shape index (κ1) is 19.8. The number of hydrogen-bond acceptors (Lipinski definition) is 6. The molecule has 1 saturated heterocycles. The fourth-order valence-corrected chi connectivity index (χ4v) is 3.31. The summed E-state index contributed by atoms with van der Waals surface area (Å²) >= 11 is 0. The summed E-state index contributed by atoms with van der Waals surface area (Å²) in [7, 11) is 0. The summed E-state index contributed by atoms with van der Waals surface area (Å²) in [6, 6.07) is 8.93. The van der Waals surface area contributed by atoms with E-state index in [2.05, 4.69) is 20.4 Å². The Morgan fingerprint density at radius 1 is 1.18 bits per heavy atom. The van der Waals surface area contributed by atoms with Crippen molar-refractivity contribution in [3.05, 3.63) is 36.2 Å². The molecule has 2 aromatic rings. The predicted octanol–water partition coefficient (Wildman–Crippen LogP) is 1.22. The number of urea groups is 1. The first-order valence-electron chi connectivity index (χ1n) is 9.32. The molecule has 0 bridgehead atoms. The van der Waals surface area contributed by atoms with Gasteiger partial charge in [-0.05, 0) is 32.4 Å². The van der Waals surface area contributed by atoms with Gasteiger partial charge in [0.25, 0.3) is 5.89 Å². The summed E-state index contributed by atoms with van der Waals surface area (Å²) in [5.41, 5.74) is 5.04. The molecule has 9 heteroatoms. The molecule has 0 unspecified atom stereocenters. The normalized spacial score (nSPS) is 15.9. The van der Waals surface area contributed by atoms with Crippen LogP contribution in [0.1, 0.15) is 26.1 Å². The molecule has 1 aromatic carbocycles. The Kier molecular flexibility index (Phi) is 5.93. The van der Waals surface area contributed by atoms with E-state index in [9.17, 15) is 9.59 Å². The van der Waals surface area contributed by atoms with Gasteiger partial charge >= 0.3 is 6.03 Å². The van der Waals surface area contributed by atoms with Gasteiger partial charge in [-0.3, -0.25) is 9.69 Å². The van der Waals surface area contributed by atoms with Crippen molar-refractivity contribution in [2.45, 2.75) is 32.4 Å². The van der Waals surface area contributed by atoms with Gasteiger partial charge in [0.15, 0.2) is 5.82 Å². The van der Waals surface area contributed by atoms with Gasteiger partial charge in [-0.25, -0.2) is 4.79 Å². The lowest BCUT2D eigenvalue weighted by molar-refractivity contribution is -0.136. The van der Waals surface area contributed by atoms with E-state index in [0.29, 0.717) is 37.9 Å². The van der Waals surface area contributed by atoms with Crippen molar-refractivity contribution in [1.82, 2.24) is 25.3 Å². The van der Waals surface area contributed by atoms with Gasteiger partial charge in [0.2, 0.25) is 5.91 Å². The van der Waals surface area contributed by atoms with Crippen LogP contribution in [0.4, 0.5) is 4.79 Å². The highest BCUT2D eigenvalue weighted by Crippen LogP contribution is 2.17. The van der Waals surface area contributed by atoms with Crippen LogP contribution in [0.3, 0.4) is 0 Å². The highest BCUT2D eigenvalue weighted by molar-refractivity contribution is 5.89. The number of nitrogens with one attached hydrogen (secondary N) is 1. The van der Waals surface area contributed by atoms with Gasteiger partial charge in [-0.15, -0.1) is 0 Å². The van der Waals surface area contributed by atoms with Crippen molar-refractivity contribution >= 4 is 11.9 Å². The zero-order chi connectivity index (χ0) is 20.1. The maximum atomic E-state index is 12.7. The van der Waals surface area contributed by atoms with E-state index in [4.69, 9.17) is 10.3 Å². The van der Waals surface area contributed by atoms with Crippen molar-refractivity contribution in [2.75, 3.05) is 26.2 Å². The number of nitrogens with zero attached hydrogens (tertiary/aromatic N) is 4. The van der Waals surface area contributed by atoms with Crippen LogP contribution < -0.4 is 11.1 Å². The standard InChI is InChI=1S/C19H26N6O3/c1-19(2,22-18(20)27)17(26)25-10-6-9-24(11-12-25)13-15-21-16(28-23-15)14-7-4-3-5-8-14/h3-5,7-8H,6,9-13H2,1-2H3,(H3,20,22,27). The van der Waals surface area contributed by atoms with Crippen molar-refractivity contribution in [3.63, 3.8) is 0 Å². The summed E-state index contributed by atoms with van der Waals surface area (Å²) in [5.74, 6) is 0.981. The summed E-state index contributed by atoms with van der Waals surface area (Å²) in [6.45, 7) is 6.57. The summed E-state index contributed by atoms with van der Waals surface area (Å²) in [5, 5.41) is 6.58. The average molecular weight is 386 g/mol. The van der Waals surface area contributed by atoms with E-state index >= 15 is 0 Å². The molecule has 0 radical (unpaired) electrons. The van der Waals surface area contributed by atoms with E-state index in [1.54, 1.807) is 18.7 Å². The van der Waals surface area contributed by atoms with Gasteiger partial charge in [0.05, 0.1) is 6.54 Å². The SMILES string of the molecule is CC(C)(NC(N)=O)C(=O)N1CCCN(Cc2noc(-c3ccccc3)n2)CC1. The minimum Gasteiger partial charge on any atom is -0.352 e. The van der Waals surface area contributed by atoms with Crippen LogP contribution in [0.2, 0.25) is 0 Å². The Balaban J connectivity index is 1.58. The lowest BCUT2D eigenvalue weighted by Gasteiger charge is -2.31. The third kappa shape index (κ3) is 4.86. The van der Waals surface area contributed by atoms with Crippen molar-refractivity contribution in [2.24, 2.45) is 5.73 Å². The van der Waals surface area contributed by atoms with E-state index in [0.717, 1.165) is 18.5 Å². The molecule has 0 atom stereocenters. The molecular formula is C19H26N6O3. The van der Waals surface area contributed by atoms with Crippen molar-refractivity contribution in [3.8, 4) is 11.5 Å². The Labute approximate surface area is 163 Å². The molecule has 1 aliphatic rings. The zero-order valence-corrected chi connectivity index (χ0v) is 16.2. The lowest BCUT2D eigenvalue weighted by Crippen LogP contribution is -2.57. The lowest BCUT2D eigenvalue weighted by atomic mass is 10.0. The molecule has 1 aromatic heterocycles. The number of carbonyl (C=O) groups is 2. The maximum absolute atomic E-state index is 12.7. The quantitative estimate of drug-likeness (QED) is 0.798. The highest BCUT2D eigenvalue weighted by Gasteiger charge is 2.33. The van der Waals surface area contributed by atoms with E-state index < -0.39 is 11.6 Å². The van der Waals surface area contributed by atoms with E-state index in [1.807, 2.05) is 30.3 Å². The predicted molar refractivity (Wildman–Crippen MR) is 103 cm³/mol. The van der Waals surface area contributed by atoms with Crippen molar-refractivity contribution in [1.29, 1.82) is 0 Å². The van der Waals surface area contributed by atoms with E-state index in [-0.39, 0.29) is 5.91 Å². The zero-order valence-electron chi connectivity index (χ0n) is 16.2. The Hall–Kier alpha value is -2.94. The molecule has 150 valence electrons. The molecule has 0 saturated carbocycles. The first-order valence-corrected chi connectivity index (χ1v) is 9.32. The summed E-state index contributed by atoms with van der Waals surface area (Å²) in [4.78, 5) is 32.3. The number of rotatable bonds is 5. The molecule has 3 N–H and O–H groups in total. The van der Waals surface area contributed by atoms with Gasteiger partial charge in [0.1, 0.15) is 5.54 Å². The number of aromatic nitrogens is 2. The minimum absolute atomic E-state index is 0.140. The fraction of sp³-hybridized carbons (Fsp3) is 0.474.